The summed E-state index contributed by atoms with van der Waals surface area (Å²) in [5.41, 5.74) is 6.32. The van der Waals surface area contributed by atoms with Gasteiger partial charge in [0.2, 0.25) is 0 Å². The molecule has 0 atom stereocenters. The first kappa shape index (κ1) is 17.6. The number of aliphatic imine (C=N–C) groups is 1. The van der Waals surface area contributed by atoms with E-state index in [1.807, 2.05) is 13.4 Å². The largest absolute Gasteiger partial charge is 0.366 e. The normalized spacial score (nSPS) is 11.2. The third-order valence-electron chi connectivity index (χ3n) is 4.10. The molecule has 0 radical (unpaired) electrons. The fourth-order valence-electron chi connectivity index (χ4n) is 2.40. The number of rotatable bonds is 6. The van der Waals surface area contributed by atoms with Gasteiger partial charge in [-0.25, -0.2) is 4.99 Å². The van der Waals surface area contributed by atoms with Gasteiger partial charge in [-0.2, -0.15) is 0 Å². The average molecular weight is 327 g/mol. The number of hydrogen-bond donors (Lipinski definition) is 0. The second-order valence-electron chi connectivity index (χ2n) is 5.91. The van der Waals surface area contributed by atoms with Crippen LogP contribution in [-0.4, -0.2) is 31.1 Å². The first-order valence-corrected chi connectivity index (χ1v) is 9.23. The van der Waals surface area contributed by atoms with E-state index in [0.717, 1.165) is 18.7 Å². The summed E-state index contributed by atoms with van der Waals surface area (Å²) in [6, 6.07) is 13.3. The van der Waals surface area contributed by atoms with Crippen molar-refractivity contribution < 1.29 is 0 Å². The van der Waals surface area contributed by atoms with E-state index in [1.165, 1.54) is 27.1 Å². The molecule has 0 amide bonds. The van der Waals surface area contributed by atoms with E-state index < -0.39 is 0 Å². The Morgan fingerprint density at radius 3 is 2.39 bits per heavy atom. The molecule has 0 N–H and O–H groups in total. The molecule has 0 heterocycles. The highest BCUT2D eigenvalue weighted by Crippen LogP contribution is 2.25. The summed E-state index contributed by atoms with van der Waals surface area (Å²) in [4.78, 5) is 8.00. The smallest absolute Gasteiger partial charge is 0.0909 e. The Bertz CT molecular complexity index is 675. The van der Waals surface area contributed by atoms with Crippen molar-refractivity contribution in [2.45, 2.75) is 32.1 Å². The van der Waals surface area contributed by atoms with Crippen LogP contribution in [0, 0.1) is 13.8 Å². The molecule has 122 valence electrons. The van der Waals surface area contributed by atoms with Crippen LogP contribution in [0.1, 0.15) is 29.2 Å². The minimum absolute atomic E-state index is 0.964. The van der Waals surface area contributed by atoms with Crippen LogP contribution < -0.4 is 0 Å². The minimum atomic E-state index is 0.964. The van der Waals surface area contributed by atoms with E-state index in [0.29, 0.717) is 0 Å². The van der Waals surface area contributed by atoms with Crippen molar-refractivity contribution in [1.82, 2.24) is 4.90 Å². The van der Waals surface area contributed by atoms with E-state index in [2.05, 4.69) is 73.3 Å². The second kappa shape index (κ2) is 8.21. The molecule has 0 fully saturated rings. The highest BCUT2D eigenvalue weighted by Gasteiger charge is 2.05. The summed E-state index contributed by atoms with van der Waals surface area (Å²) in [7, 11) is 2.04. The SMILES string of the molecule is CCN(C)C=Nc1cc(C)c(Cc2ccc(SC)cc2)cc1C. The first-order chi connectivity index (χ1) is 11.0. The Morgan fingerprint density at radius 1 is 1.09 bits per heavy atom. The molecule has 23 heavy (non-hydrogen) atoms. The van der Waals surface area contributed by atoms with Gasteiger partial charge < -0.3 is 4.90 Å². The molecule has 3 heteroatoms. The zero-order valence-electron chi connectivity index (χ0n) is 14.8. The predicted molar refractivity (Wildman–Crippen MR) is 103 cm³/mol. The standard InChI is InChI=1S/C20H26N2S/c1-6-22(4)14-21-20-12-15(2)18(11-16(20)3)13-17-7-9-19(23-5)10-8-17/h7-12,14H,6,13H2,1-5H3. The molecule has 2 aromatic rings. The topological polar surface area (TPSA) is 15.6 Å². The van der Waals surface area contributed by atoms with E-state index >= 15 is 0 Å². The fourth-order valence-corrected chi connectivity index (χ4v) is 2.80. The monoisotopic (exact) mass is 326 g/mol. The van der Waals surface area contributed by atoms with Gasteiger partial charge in [-0.3, -0.25) is 0 Å². The number of thioether (sulfide) groups is 1. The lowest BCUT2D eigenvalue weighted by atomic mass is 9.97. The fraction of sp³-hybridized carbons (Fsp3) is 0.350. The number of nitrogens with zero attached hydrogens (tertiary/aromatic N) is 2. The quantitative estimate of drug-likeness (QED) is 0.410. The van der Waals surface area contributed by atoms with Gasteiger partial charge >= 0.3 is 0 Å². The number of benzene rings is 2. The lowest BCUT2D eigenvalue weighted by Gasteiger charge is -2.12. The zero-order valence-corrected chi connectivity index (χ0v) is 15.6. The van der Waals surface area contributed by atoms with Gasteiger partial charge in [-0.05, 0) is 73.9 Å². The lowest BCUT2D eigenvalue weighted by molar-refractivity contribution is 0.552. The molecule has 0 aliphatic carbocycles. The maximum Gasteiger partial charge on any atom is 0.0909 e. The van der Waals surface area contributed by atoms with Crippen molar-refractivity contribution in [3.8, 4) is 0 Å². The summed E-state index contributed by atoms with van der Waals surface area (Å²) in [6.07, 6.45) is 4.99. The average Bonchev–Trinajstić information content (AvgIpc) is 2.57. The second-order valence-corrected chi connectivity index (χ2v) is 6.79. The highest BCUT2D eigenvalue weighted by molar-refractivity contribution is 7.98. The molecule has 0 bridgehead atoms. The Hall–Kier alpha value is -1.74. The van der Waals surface area contributed by atoms with E-state index in [4.69, 9.17) is 0 Å². The summed E-state index contributed by atoms with van der Waals surface area (Å²) in [5, 5.41) is 0. The van der Waals surface area contributed by atoms with Crippen LogP contribution >= 0.6 is 11.8 Å². The molecule has 2 aromatic carbocycles. The summed E-state index contributed by atoms with van der Waals surface area (Å²) >= 11 is 1.78. The van der Waals surface area contributed by atoms with Crippen molar-refractivity contribution >= 4 is 23.8 Å². The highest BCUT2D eigenvalue weighted by atomic mass is 32.2. The van der Waals surface area contributed by atoms with Crippen LogP contribution in [0.15, 0.2) is 46.3 Å². The first-order valence-electron chi connectivity index (χ1n) is 8.01. The van der Waals surface area contributed by atoms with Crippen molar-refractivity contribution in [3.05, 3.63) is 58.7 Å². The molecule has 0 aliphatic heterocycles. The Morgan fingerprint density at radius 2 is 1.78 bits per heavy atom. The summed E-state index contributed by atoms with van der Waals surface area (Å²) < 4.78 is 0. The molecular formula is C20H26N2S. The van der Waals surface area contributed by atoms with Gasteiger partial charge in [0.05, 0.1) is 12.0 Å². The molecule has 0 unspecified atom stereocenters. The Labute approximate surface area is 144 Å². The molecular weight excluding hydrogens is 300 g/mol. The molecule has 0 aliphatic rings. The van der Waals surface area contributed by atoms with Crippen LogP contribution in [0.4, 0.5) is 5.69 Å². The molecule has 0 saturated heterocycles. The molecule has 2 rings (SSSR count). The third kappa shape index (κ3) is 4.87. The van der Waals surface area contributed by atoms with Crippen LogP contribution in [-0.2, 0) is 6.42 Å². The predicted octanol–water partition coefficient (Wildman–Crippen LogP) is 5.23. The van der Waals surface area contributed by atoms with Crippen LogP contribution in [0.5, 0.6) is 0 Å². The van der Waals surface area contributed by atoms with Gasteiger partial charge in [0.15, 0.2) is 0 Å². The van der Waals surface area contributed by atoms with Gasteiger partial charge in [0.25, 0.3) is 0 Å². The van der Waals surface area contributed by atoms with Crippen molar-refractivity contribution in [2.24, 2.45) is 4.99 Å². The summed E-state index contributed by atoms with van der Waals surface area (Å²) in [6.45, 7) is 7.40. The minimum Gasteiger partial charge on any atom is -0.366 e. The van der Waals surface area contributed by atoms with Crippen molar-refractivity contribution in [3.63, 3.8) is 0 Å². The van der Waals surface area contributed by atoms with Gasteiger partial charge in [-0.1, -0.05) is 18.2 Å². The Balaban J connectivity index is 2.20. The zero-order chi connectivity index (χ0) is 16.8. The van der Waals surface area contributed by atoms with E-state index in [-0.39, 0.29) is 0 Å². The van der Waals surface area contributed by atoms with Crippen molar-refractivity contribution in [2.75, 3.05) is 19.8 Å². The van der Waals surface area contributed by atoms with Crippen molar-refractivity contribution in [1.29, 1.82) is 0 Å². The Kier molecular flexibility index (Phi) is 6.28. The van der Waals surface area contributed by atoms with Crippen LogP contribution in [0.3, 0.4) is 0 Å². The van der Waals surface area contributed by atoms with Crippen LogP contribution in [0.2, 0.25) is 0 Å². The maximum absolute atomic E-state index is 4.61. The molecule has 0 saturated carbocycles. The van der Waals surface area contributed by atoms with E-state index in [9.17, 15) is 0 Å². The molecule has 0 spiro atoms. The third-order valence-corrected chi connectivity index (χ3v) is 4.84. The molecule has 0 aromatic heterocycles. The summed E-state index contributed by atoms with van der Waals surface area (Å²) in [5.74, 6) is 0. The van der Waals surface area contributed by atoms with E-state index in [1.54, 1.807) is 11.8 Å². The van der Waals surface area contributed by atoms with Gasteiger partial charge in [-0.15, -0.1) is 11.8 Å². The maximum atomic E-state index is 4.61. The van der Waals surface area contributed by atoms with Gasteiger partial charge in [0, 0.05) is 18.5 Å². The van der Waals surface area contributed by atoms with Gasteiger partial charge in [0.1, 0.15) is 0 Å². The lowest BCUT2D eigenvalue weighted by Crippen LogP contribution is -2.14. The molecule has 2 nitrogen and oxygen atoms in total. The number of hydrogen-bond acceptors (Lipinski definition) is 2. The van der Waals surface area contributed by atoms with Crippen LogP contribution in [0.25, 0.3) is 0 Å². The number of aryl methyl sites for hydroxylation is 2.